The fourth-order valence-corrected chi connectivity index (χ4v) is 5.17. The zero-order valence-electron chi connectivity index (χ0n) is 19.4. The van der Waals surface area contributed by atoms with Gasteiger partial charge in [-0.05, 0) is 56.4 Å². The highest BCUT2D eigenvalue weighted by atomic mass is 19.1. The SMILES string of the molecule is COc1nc(NC2CCC3(CC2)COC3)nn2ccc(-c3ccc4nnn(C[C@H](C)F)c4c3)c12. The van der Waals surface area contributed by atoms with Crippen LogP contribution in [0.15, 0.2) is 30.5 Å². The van der Waals surface area contributed by atoms with Crippen molar-refractivity contribution in [1.82, 2.24) is 29.6 Å². The summed E-state index contributed by atoms with van der Waals surface area (Å²) < 4.78 is 28.1. The summed E-state index contributed by atoms with van der Waals surface area (Å²) in [4.78, 5) is 4.68. The van der Waals surface area contributed by atoms with E-state index in [4.69, 9.17) is 14.6 Å². The number of nitrogens with one attached hydrogen (secondary N) is 1. The number of rotatable bonds is 6. The monoisotopic (exact) mass is 465 g/mol. The number of halogens is 1. The van der Waals surface area contributed by atoms with Crippen molar-refractivity contribution in [1.29, 1.82) is 0 Å². The molecule has 1 spiro atoms. The van der Waals surface area contributed by atoms with E-state index in [0.29, 0.717) is 23.3 Å². The van der Waals surface area contributed by atoms with Crippen LogP contribution in [0.5, 0.6) is 5.88 Å². The molecule has 10 heteroatoms. The van der Waals surface area contributed by atoms with Gasteiger partial charge in [-0.2, -0.15) is 4.98 Å². The van der Waals surface area contributed by atoms with Gasteiger partial charge in [0.2, 0.25) is 11.8 Å². The molecule has 0 bridgehead atoms. The van der Waals surface area contributed by atoms with Gasteiger partial charge in [0.05, 0.1) is 32.4 Å². The Kier molecular flexibility index (Phi) is 5.13. The van der Waals surface area contributed by atoms with E-state index in [1.54, 1.807) is 16.3 Å². The van der Waals surface area contributed by atoms with E-state index in [2.05, 4.69) is 20.6 Å². The molecule has 6 rings (SSSR count). The number of aromatic nitrogens is 6. The van der Waals surface area contributed by atoms with Gasteiger partial charge in [-0.1, -0.05) is 11.3 Å². The Balaban J connectivity index is 1.31. The van der Waals surface area contributed by atoms with Gasteiger partial charge in [0, 0.05) is 23.2 Å². The molecule has 0 radical (unpaired) electrons. The van der Waals surface area contributed by atoms with Crippen LogP contribution >= 0.6 is 0 Å². The number of hydrogen-bond donors (Lipinski definition) is 1. The van der Waals surface area contributed by atoms with E-state index in [-0.39, 0.29) is 6.54 Å². The number of fused-ring (bicyclic) bond motifs is 2. The fourth-order valence-electron chi connectivity index (χ4n) is 5.17. The molecule has 4 heterocycles. The molecule has 1 saturated carbocycles. The molecular formula is C24H28FN7O2. The first-order chi connectivity index (χ1) is 16.5. The zero-order valence-corrected chi connectivity index (χ0v) is 19.4. The molecule has 2 aliphatic rings. The largest absolute Gasteiger partial charge is 0.479 e. The molecule has 3 aromatic heterocycles. The van der Waals surface area contributed by atoms with Gasteiger partial charge in [-0.25, -0.2) is 13.6 Å². The van der Waals surface area contributed by atoms with Crippen LogP contribution in [0.4, 0.5) is 10.3 Å². The predicted octanol–water partition coefficient (Wildman–Crippen LogP) is 3.88. The molecule has 34 heavy (non-hydrogen) atoms. The van der Waals surface area contributed by atoms with E-state index in [1.165, 1.54) is 19.8 Å². The summed E-state index contributed by atoms with van der Waals surface area (Å²) in [6, 6.07) is 8.18. The summed E-state index contributed by atoms with van der Waals surface area (Å²) in [6.45, 7) is 3.47. The minimum absolute atomic E-state index is 0.160. The average Bonchev–Trinajstić information content (AvgIpc) is 3.41. The van der Waals surface area contributed by atoms with E-state index >= 15 is 0 Å². The lowest BCUT2D eigenvalue weighted by Gasteiger charge is -2.46. The summed E-state index contributed by atoms with van der Waals surface area (Å²) in [5.41, 5.74) is 4.56. The normalized spacial score (nSPS) is 18.9. The second-order valence-electron chi connectivity index (χ2n) is 9.63. The van der Waals surface area contributed by atoms with Gasteiger partial charge in [0.15, 0.2) is 0 Å². The molecule has 2 fully saturated rings. The van der Waals surface area contributed by atoms with Crippen molar-refractivity contribution in [3.63, 3.8) is 0 Å². The summed E-state index contributed by atoms with van der Waals surface area (Å²) in [7, 11) is 1.62. The van der Waals surface area contributed by atoms with Crippen LogP contribution in [0, 0.1) is 5.41 Å². The van der Waals surface area contributed by atoms with Crippen molar-refractivity contribution >= 4 is 22.5 Å². The fraction of sp³-hybridized carbons (Fsp3) is 0.500. The number of nitrogens with zero attached hydrogens (tertiary/aromatic N) is 6. The second-order valence-corrected chi connectivity index (χ2v) is 9.63. The smallest absolute Gasteiger partial charge is 0.244 e. The molecule has 1 aliphatic carbocycles. The predicted molar refractivity (Wildman–Crippen MR) is 126 cm³/mol. The van der Waals surface area contributed by atoms with Crippen LogP contribution in [-0.2, 0) is 11.3 Å². The van der Waals surface area contributed by atoms with E-state index in [0.717, 1.165) is 53.7 Å². The Labute approximate surface area is 196 Å². The van der Waals surface area contributed by atoms with Crippen molar-refractivity contribution < 1.29 is 13.9 Å². The number of methoxy groups -OCH3 is 1. The molecule has 9 nitrogen and oxygen atoms in total. The minimum Gasteiger partial charge on any atom is -0.479 e. The first-order valence-electron chi connectivity index (χ1n) is 11.8. The van der Waals surface area contributed by atoms with E-state index < -0.39 is 6.17 Å². The Hall–Kier alpha value is -3.27. The lowest BCUT2D eigenvalue weighted by molar-refractivity contribution is -0.131. The number of alkyl halides is 1. The maximum atomic E-state index is 13.6. The Morgan fingerprint density at radius 2 is 2.09 bits per heavy atom. The highest BCUT2D eigenvalue weighted by molar-refractivity contribution is 5.89. The standard InChI is InChI=1S/C24H28FN7O2/c1-15(25)12-32-20-11-16(3-4-19(20)28-30-32)18-7-10-31-21(18)22(33-2)27-23(29-31)26-17-5-8-24(9-6-17)13-34-14-24/h3-4,7,10-11,15,17H,5-6,8-9,12-14H2,1-2H3,(H,26,29)/t15-/m0/s1. The van der Waals surface area contributed by atoms with Crippen LogP contribution in [0.3, 0.4) is 0 Å². The molecule has 1 atom stereocenters. The Morgan fingerprint density at radius 1 is 1.26 bits per heavy atom. The van der Waals surface area contributed by atoms with Crippen molar-refractivity contribution in [2.45, 2.75) is 51.4 Å². The Morgan fingerprint density at radius 3 is 2.79 bits per heavy atom. The molecule has 178 valence electrons. The zero-order chi connectivity index (χ0) is 23.3. The first kappa shape index (κ1) is 21.3. The molecule has 1 N–H and O–H groups in total. The van der Waals surface area contributed by atoms with Gasteiger partial charge in [0.1, 0.15) is 17.2 Å². The summed E-state index contributed by atoms with van der Waals surface area (Å²) in [5, 5.41) is 16.5. The van der Waals surface area contributed by atoms with Gasteiger partial charge in [0.25, 0.3) is 0 Å². The summed E-state index contributed by atoms with van der Waals surface area (Å²) >= 11 is 0. The summed E-state index contributed by atoms with van der Waals surface area (Å²) in [5.74, 6) is 1.06. The highest BCUT2D eigenvalue weighted by Crippen LogP contribution is 2.42. The van der Waals surface area contributed by atoms with Crippen LogP contribution in [0.25, 0.3) is 27.7 Å². The number of hydrogen-bond acceptors (Lipinski definition) is 7. The van der Waals surface area contributed by atoms with E-state index in [1.807, 2.05) is 30.5 Å². The lowest BCUT2D eigenvalue weighted by atomic mass is 9.71. The quantitative estimate of drug-likeness (QED) is 0.462. The van der Waals surface area contributed by atoms with Crippen molar-refractivity contribution in [3.05, 3.63) is 30.5 Å². The third-order valence-corrected chi connectivity index (χ3v) is 7.12. The van der Waals surface area contributed by atoms with Gasteiger partial charge in [-0.15, -0.1) is 10.2 Å². The molecular weight excluding hydrogens is 437 g/mol. The first-order valence-corrected chi connectivity index (χ1v) is 11.8. The van der Waals surface area contributed by atoms with Crippen LogP contribution in [0.1, 0.15) is 32.6 Å². The van der Waals surface area contributed by atoms with Crippen LogP contribution in [0.2, 0.25) is 0 Å². The molecule has 1 aliphatic heterocycles. The third-order valence-electron chi connectivity index (χ3n) is 7.12. The van der Waals surface area contributed by atoms with Crippen molar-refractivity contribution in [2.24, 2.45) is 5.41 Å². The topological polar surface area (TPSA) is 91.4 Å². The van der Waals surface area contributed by atoms with Crippen LogP contribution in [-0.4, -0.2) is 62.1 Å². The second kappa shape index (κ2) is 8.19. The number of benzene rings is 1. The molecule has 1 aromatic carbocycles. The molecule has 0 unspecified atom stereocenters. The van der Waals surface area contributed by atoms with Gasteiger partial charge < -0.3 is 14.8 Å². The number of anilines is 1. The highest BCUT2D eigenvalue weighted by Gasteiger charge is 2.41. The minimum atomic E-state index is -1.01. The van der Waals surface area contributed by atoms with E-state index in [9.17, 15) is 4.39 Å². The van der Waals surface area contributed by atoms with Crippen molar-refractivity contribution in [2.75, 3.05) is 25.6 Å². The van der Waals surface area contributed by atoms with Crippen molar-refractivity contribution in [3.8, 4) is 17.0 Å². The van der Waals surface area contributed by atoms with Gasteiger partial charge in [-0.3, -0.25) is 0 Å². The van der Waals surface area contributed by atoms with Gasteiger partial charge >= 0.3 is 0 Å². The average molecular weight is 466 g/mol. The van der Waals surface area contributed by atoms with Crippen LogP contribution < -0.4 is 10.1 Å². The molecule has 4 aromatic rings. The Bertz CT molecular complexity index is 1330. The maximum Gasteiger partial charge on any atom is 0.244 e. The molecule has 0 amide bonds. The third kappa shape index (κ3) is 3.66. The maximum absolute atomic E-state index is 13.6. The summed E-state index contributed by atoms with van der Waals surface area (Å²) in [6.07, 6.45) is 5.41. The molecule has 1 saturated heterocycles. The number of ether oxygens (including phenoxy) is 2. The lowest BCUT2D eigenvalue weighted by Crippen LogP contribution is -2.47.